The van der Waals surface area contributed by atoms with Gasteiger partial charge in [0.1, 0.15) is 0 Å². The third kappa shape index (κ3) is 3.32. The van der Waals surface area contributed by atoms with Crippen molar-refractivity contribution >= 4 is 28.8 Å². The second-order valence-electron chi connectivity index (χ2n) is 6.00. The van der Waals surface area contributed by atoms with E-state index in [0.717, 1.165) is 34.3 Å². The normalized spacial score (nSPS) is 15.2. The Labute approximate surface area is 153 Å². The van der Waals surface area contributed by atoms with Gasteiger partial charge in [-0.1, -0.05) is 30.0 Å². The first-order chi connectivity index (χ1) is 12.1. The van der Waals surface area contributed by atoms with E-state index in [0.29, 0.717) is 6.04 Å². The average Bonchev–Trinajstić information content (AvgIpc) is 3.14. The molecule has 1 aliphatic carbocycles. The SMILES string of the molecule is CC(Sc1nnc(-c2cccs2)n1C1CC1)c1cccc([N+](=O)[O-])c1. The van der Waals surface area contributed by atoms with Crippen LogP contribution in [0, 0.1) is 10.1 Å². The summed E-state index contributed by atoms with van der Waals surface area (Å²) in [6.07, 6.45) is 2.30. The molecular formula is C17H16N4O2S2. The first kappa shape index (κ1) is 16.3. The Bertz CT molecular complexity index is 903. The number of nitro benzene ring substituents is 1. The molecule has 0 spiro atoms. The van der Waals surface area contributed by atoms with Crippen LogP contribution in [0.4, 0.5) is 5.69 Å². The molecule has 2 heterocycles. The number of nitrogens with zero attached hydrogens (tertiary/aromatic N) is 4. The molecule has 25 heavy (non-hydrogen) atoms. The highest BCUT2D eigenvalue weighted by molar-refractivity contribution is 7.99. The minimum atomic E-state index is -0.359. The molecule has 0 radical (unpaired) electrons. The van der Waals surface area contributed by atoms with Crippen molar-refractivity contribution < 1.29 is 4.92 Å². The van der Waals surface area contributed by atoms with E-state index in [1.54, 1.807) is 35.2 Å². The van der Waals surface area contributed by atoms with Crippen LogP contribution in [0.25, 0.3) is 10.7 Å². The fraction of sp³-hybridized carbons (Fsp3) is 0.294. The van der Waals surface area contributed by atoms with Gasteiger partial charge in [-0.05, 0) is 36.8 Å². The first-order valence-corrected chi connectivity index (χ1v) is 9.79. The van der Waals surface area contributed by atoms with Crippen molar-refractivity contribution in [2.45, 2.75) is 36.2 Å². The molecule has 3 aromatic rings. The monoisotopic (exact) mass is 372 g/mol. The van der Waals surface area contributed by atoms with Gasteiger partial charge in [0.15, 0.2) is 11.0 Å². The summed E-state index contributed by atoms with van der Waals surface area (Å²) in [5, 5.41) is 22.8. The molecule has 0 aliphatic heterocycles. The maximum Gasteiger partial charge on any atom is 0.269 e. The molecule has 1 atom stereocenters. The molecule has 0 amide bonds. The van der Waals surface area contributed by atoms with E-state index in [-0.39, 0.29) is 15.9 Å². The van der Waals surface area contributed by atoms with E-state index in [4.69, 9.17) is 0 Å². The molecule has 1 saturated carbocycles. The van der Waals surface area contributed by atoms with E-state index >= 15 is 0 Å². The Morgan fingerprint density at radius 1 is 1.32 bits per heavy atom. The van der Waals surface area contributed by atoms with Crippen LogP contribution in [0.15, 0.2) is 46.9 Å². The number of nitro groups is 1. The summed E-state index contributed by atoms with van der Waals surface area (Å²) in [6, 6.07) is 11.3. The smallest absolute Gasteiger partial charge is 0.269 e. The Morgan fingerprint density at radius 2 is 2.16 bits per heavy atom. The number of hydrogen-bond donors (Lipinski definition) is 0. The molecule has 0 bridgehead atoms. The first-order valence-electron chi connectivity index (χ1n) is 8.03. The zero-order valence-electron chi connectivity index (χ0n) is 13.5. The van der Waals surface area contributed by atoms with Gasteiger partial charge in [-0.2, -0.15) is 0 Å². The summed E-state index contributed by atoms with van der Waals surface area (Å²) in [7, 11) is 0. The lowest BCUT2D eigenvalue weighted by atomic mass is 10.1. The van der Waals surface area contributed by atoms with Crippen LogP contribution in [0.5, 0.6) is 0 Å². The summed E-state index contributed by atoms with van der Waals surface area (Å²) in [6.45, 7) is 2.04. The number of thiophene rings is 1. The largest absolute Gasteiger partial charge is 0.298 e. The van der Waals surface area contributed by atoms with Crippen molar-refractivity contribution in [1.82, 2.24) is 14.8 Å². The highest BCUT2D eigenvalue weighted by atomic mass is 32.2. The lowest BCUT2D eigenvalue weighted by Gasteiger charge is -2.13. The maximum atomic E-state index is 11.0. The molecule has 0 N–H and O–H groups in total. The van der Waals surface area contributed by atoms with E-state index < -0.39 is 0 Å². The van der Waals surface area contributed by atoms with E-state index in [1.807, 2.05) is 24.4 Å². The van der Waals surface area contributed by atoms with Crippen molar-refractivity contribution in [3.63, 3.8) is 0 Å². The number of non-ortho nitro benzene ring substituents is 1. The van der Waals surface area contributed by atoms with Crippen LogP contribution in [-0.2, 0) is 0 Å². The van der Waals surface area contributed by atoms with Gasteiger partial charge in [0, 0.05) is 23.4 Å². The summed E-state index contributed by atoms with van der Waals surface area (Å²) in [5.74, 6) is 0.922. The summed E-state index contributed by atoms with van der Waals surface area (Å²) < 4.78 is 2.23. The molecule has 6 nitrogen and oxygen atoms in total. The van der Waals surface area contributed by atoms with E-state index in [2.05, 4.69) is 20.8 Å². The van der Waals surface area contributed by atoms with Crippen LogP contribution >= 0.6 is 23.1 Å². The lowest BCUT2D eigenvalue weighted by molar-refractivity contribution is -0.384. The van der Waals surface area contributed by atoms with Crippen LogP contribution in [0.2, 0.25) is 0 Å². The van der Waals surface area contributed by atoms with Crippen molar-refractivity contribution in [3.8, 4) is 10.7 Å². The maximum absolute atomic E-state index is 11.0. The Hall–Kier alpha value is -2.19. The van der Waals surface area contributed by atoms with Crippen molar-refractivity contribution in [2.24, 2.45) is 0 Å². The molecule has 1 unspecified atom stereocenters. The fourth-order valence-electron chi connectivity index (χ4n) is 2.71. The van der Waals surface area contributed by atoms with Gasteiger partial charge in [0.05, 0.1) is 9.80 Å². The molecule has 128 valence electrons. The van der Waals surface area contributed by atoms with E-state index in [9.17, 15) is 10.1 Å². The zero-order valence-corrected chi connectivity index (χ0v) is 15.2. The van der Waals surface area contributed by atoms with Gasteiger partial charge in [-0.15, -0.1) is 21.5 Å². The predicted molar refractivity (Wildman–Crippen MR) is 99.0 cm³/mol. The van der Waals surface area contributed by atoms with Crippen molar-refractivity contribution in [3.05, 3.63) is 57.5 Å². The topological polar surface area (TPSA) is 73.8 Å². The molecule has 1 aliphatic rings. The second kappa shape index (κ2) is 6.61. The third-order valence-electron chi connectivity index (χ3n) is 4.15. The van der Waals surface area contributed by atoms with Crippen LogP contribution in [0.1, 0.15) is 36.6 Å². The van der Waals surface area contributed by atoms with Crippen LogP contribution < -0.4 is 0 Å². The molecule has 2 aromatic heterocycles. The van der Waals surface area contributed by atoms with Crippen LogP contribution in [-0.4, -0.2) is 19.7 Å². The molecule has 4 rings (SSSR count). The Balaban J connectivity index is 1.63. The molecular weight excluding hydrogens is 356 g/mol. The summed E-state index contributed by atoms with van der Waals surface area (Å²) in [4.78, 5) is 11.8. The Morgan fingerprint density at radius 3 is 2.84 bits per heavy atom. The van der Waals surface area contributed by atoms with E-state index in [1.165, 1.54) is 6.07 Å². The highest BCUT2D eigenvalue weighted by Crippen LogP contribution is 2.44. The molecule has 8 heteroatoms. The Kier molecular flexibility index (Phi) is 4.30. The molecule has 1 fully saturated rings. The third-order valence-corrected chi connectivity index (χ3v) is 6.13. The van der Waals surface area contributed by atoms with Gasteiger partial charge in [-0.25, -0.2) is 0 Å². The number of hydrogen-bond acceptors (Lipinski definition) is 6. The lowest BCUT2D eigenvalue weighted by Crippen LogP contribution is -2.00. The average molecular weight is 372 g/mol. The standard InChI is InChI=1S/C17H16N4O2S2/c1-11(12-4-2-5-14(10-12)21(22)23)25-17-19-18-16(15-6-3-9-24-15)20(17)13-7-8-13/h2-6,9-11,13H,7-8H2,1H3. The minimum absolute atomic E-state index is 0.0535. The number of benzene rings is 1. The van der Waals surface area contributed by atoms with Crippen LogP contribution in [0.3, 0.4) is 0 Å². The zero-order chi connectivity index (χ0) is 17.4. The van der Waals surface area contributed by atoms with Gasteiger partial charge in [0.25, 0.3) is 5.69 Å². The second-order valence-corrected chi connectivity index (χ2v) is 8.25. The molecule has 1 aromatic carbocycles. The quantitative estimate of drug-likeness (QED) is 0.342. The van der Waals surface area contributed by atoms with Gasteiger partial charge < -0.3 is 0 Å². The number of rotatable bonds is 6. The predicted octanol–water partition coefficient (Wildman–Crippen LogP) is 5.10. The summed E-state index contributed by atoms with van der Waals surface area (Å²) >= 11 is 3.26. The highest BCUT2D eigenvalue weighted by Gasteiger charge is 2.31. The van der Waals surface area contributed by atoms with Gasteiger partial charge >= 0.3 is 0 Å². The van der Waals surface area contributed by atoms with Crippen molar-refractivity contribution in [1.29, 1.82) is 0 Å². The summed E-state index contributed by atoms with van der Waals surface area (Å²) in [5.41, 5.74) is 1.04. The number of aromatic nitrogens is 3. The molecule has 0 saturated heterocycles. The van der Waals surface area contributed by atoms with Gasteiger partial charge in [-0.3, -0.25) is 14.7 Å². The minimum Gasteiger partial charge on any atom is -0.298 e. The van der Waals surface area contributed by atoms with Crippen molar-refractivity contribution in [2.75, 3.05) is 0 Å². The van der Waals surface area contributed by atoms with Gasteiger partial charge in [0.2, 0.25) is 0 Å². The fourth-order valence-corrected chi connectivity index (χ4v) is 4.45. The number of thioether (sulfide) groups is 1.